The molecule has 16 heavy (non-hydrogen) atoms. The van der Waals surface area contributed by atoms with Crippen LogP contribution >= 0.6 is 15.9 Å². The number of hydrogen-bond donors (Lipinski definition) is 0. The molecular weight excluding hydrogens is 273 g/mol. The molecule has 1 aromatic carbocycles. The van der Waals surface area contributed by atoms with Crippen molar-refractivity contribution in [3.63, 3.8) is 0 Å². The van der Waals surface area contributed by atoms with E-state index in [2.05, 4.69) is 20.9 Å². The maximum absolute atomic E-state index is 12.6. The van der Waals surface area contributed by atoms with Crippen LogP contribution < -0.4 is 4.74 Å². The van der Waals surface area contributed by atoms with Gasteiger partial charge in [0.15, 0.2) is 0 Å². The van der Waals surface area contributed by atoms with E-state index in [0.717, 1.165) is 10.9 Å². The topological polar surface area (TPSA) is 22.1 Å². The molecule has 0 amide bonds. The Balaban J connectivity index is 2.11. The average molecular weight is 282 g/mol. The van der Waals surface area contributed by atoms with Crippen LogP contribution in [0.3, 0.4) is 0 Å². The summed E-state index contributed by atoms with van der Waals surface area (Å²) in [4.78, 5) is 4.12. The second kappa shape index (κ2) is 5.07. The third-order valence-corrected chi connectivity index (χ3v) is 2.64. The number of aromatic nitrogens is 1. The SMILES string of the molecule is Fc1ccc(Oc2ccc(CBr)cn2)cc1. The van der Waals surface area contributed by atoms with Gasteiger partial charge in [-0.3, -0.25) is 0 Å². The summed E-state index contributed by atoms with van der Waals surface area (Å²) in [6, 6.07) is 9.52. The summed E-state index contributed by atoms with van der Waals surface area (Å²) in [5.74, 6) is 0.784. The first-order valence-corrected chi connectivity index (χ1v) is 5.84. The minimum atomic E-state index is -0.282. The Morgan fingerprint density at radius 2 is 1.88 bits per heavy atom. The molecule has 0 fully saturated rings. The van der Waals surface area contributed by atoms with Crippen LogP contribution in [0.2, 0.25) is 0 Å². The normalized spacial score (nSPS) is 10.1. The van der Waals surface area contributed by atoms with Crippen LogP contribution in [0.15, 0.2) is 42.6 Å². The van der Waals surface area contributed by atoms with Crippen LogP contribution in [-0.4, -0.2) is 4.98 Å². The zero-order chi connectivity index (χ0) is 11.4. The van der Waals surface area contributed by atoms with E-state index in [1.54, 1.807) is 24.4 Å². The Hall–Kier alpha value is -1.42. The van der Waals surface area contributed by atoms with E-state index in [-0.39, 0.29) is 5.82 Å². The third kappa shape index (κ3) is 2.79. The van der Waals surface area contributed by atoms with Crippen LogP contribution in [0, 0.1) is 5.82 Å². The molecule has 0 saturated carbocycles. The molecule has 4 heteroatoms. The summed E-state index contributed by atoms with van der Waals surface area (Å²) in [6.07, 6.45) is 1.73. The molecule has 1 heterocycles. The van der Waals surface area contributed by atoms with E-state index >= 15 is 0 Å². The molecule has 2 rings (SSSR count). The molecule has 0 aliphatic rings. The summed E-state index contributed by atoms with van der Waals surface area (Å²) < 4.78 is 18.1. The van der Waals surface area contributed by atoms with Gasteiger partial charge in [-0.15, -0.1) is 0 Å². The van der Waals surface area contributed by atoms with E-state index in [1.807, 2.05) is 6.07 Å². The highest BCUT2D eigenvalue weighted by Crippen LogP contribution is 2.19. The number of pyridine rings is 1. The fraction of sp³-hybridized carbons (Fsp3) is 0.0833. The van der Waals surface area contributed by atoms with Crippen molar-refractivity contribution in [2.45, 2.75) is 5.33 Å². The Morgan fingerprint density at radius 1 is 1.12 bits per heavy atom. The van der Waals surface area contributed by atoms with Gasteiger partial charge in [-0.05, 0) is 29.8 Å². The van der Waals surface area contributed by atoms with Crippen molar-refractivity contribution < 1.29 is 9.13 Å². The smallest absolute Gasteiger partial charge is 0.219 e. The number of alkyl halides is 1. The van der Waals surface area contributed by atoms with Crippen molar-refractivity contribution in [3.05, 3.63) is 54.0 Å². The Kier molecular flexibility index (Phi) is 3.51. The lowest BCUT2D eigenvalue weighted by Crippen LogP contribution is -1.88. The third-order valence-electron chi connectivity index (χ3n) is 1.99. The first-order valence-electron chi connectivity index (χ1n) is 4.72. The molecule has 0 N–H and O–H groups in total. The van der Waals surface area contributed by atoms with Crippen molar-refractivity contribution in [2.24, 2.45) is 0 Å². The van der Waals surface area contributed by atoms with Crippen molar-refractivity contribution >= 4 is 15.9 Å². The van der Waals surface area contributed by atoms with Crippen LogP contribution in [0.1, 0.15) is 5.56 Å². The maximum atomic E-state index is 12.6. The zero-order valence-corrected chi connectivity index (χ0v) is 9.95. The van der Waals surface area contributed by atoms with Gasteiger partial charge < -0.3 is 4.74 Å². The molecule has 0 radical (unpaired) electrons. The van der Waals surface area contributed by atoms with Gasteiger partial charge in [-0.2, -0.15) is 0 Å². The number of ether oxygens (including phenoxy) is 1. The van der Waals surface area contributed by atoms with E-state index in [1.165, 1.54) is 12.1 Å². The van der Waals surface area contributed by atoms with Crippen LogP contribution in [0.25, 0.3) is 0 Å². The van der Waals surface area contributed by atoms with Crippen molar-refractivity contribution in [1.29, 1.82) is 0 Å². The van der Waals surface area contributed by atoms with Gasteiger partial charge in [0.1, 0.15) is 11.6 Å². The molecule has 2 aromatic rings. The Bertz CT molecular complexity index is 455. The first kappa shape index (κ1) is 11.1. The summed E-state index contributed by atoms with van der Waals surface area (Å²) in [6.45, 7) is 0. The number of hydrogen-bond acceptors (Lipinski definition) is 2. The summed E-state index contributed by atoms with van der Waals surface area (Å²) in [7, 11) is 0. The minimum absolute atomic E-state index is 0.282. The van der Waals surface area contributed by atoms with Crippen LogP contribution in [0.5, 0.6) is 11.6 Å². The molecule has 0 aliphatic heterocycles. The predicted molar refractivity (Wildman–Crippen MR) is 63.3 cm³/mol. The molecule has 0 atom stereocenters. The molecule has 0 saturated heterocycles. The van der Waals surface area contributed by atoms with E-state index in [4.69, 9.17) is 4.74 Å². The number of nitrogens with zero attached hydrogens (tertiary/aromatic N) is 1. The number of halogens is 2. The van der Waals surface area contributed by atoms with Crippen molar-refractivity contribution in [1.82, 2.24) is 4.98 Å². The quantitative estimate of drug-likeness (QED) is 0.796. The molecule has 1 aromatic heterocycles. The van der Waals surface area contributed by atoms with E-state index in [0.29, 0.717) is 11.6 Å². The molecular formula is C12H9BrFNO. The van der Waals surface area contributed by atoms with Gasteiger partial charge in [0.2, 0.25) is 5.88 Å². The minimum Gasteiger partial charge on any atom is -0.439 e. The second-order valence-electron chi connectivity index (χ2n) is 3.19. The van der Waals surface area contributed by atoms with Gasteiger partial charge >= 0.3 is 0 Å². The fourth-order valence-electron chi connectivity index (χ4n) is 1.17. The predicted octanol–water partition coefficient (Wildman–Crippen LogP) is 3.91. The fourth-order valence-corrected chi connectivity index (χ4v) is 1.51. The molecule has 0 unspecified atom stereocenters. The van der Waals surface area contributed by atoms with E-state index < -0.39 is 0 Å². The van der Waals surface area contributed by atoms with Gasteiger partial charge in [0.25, 0.3) is 0 Å². The molecule has 2 nitrogen and oxygen atoms in total. The second-order valence-corrected chi connectivity index (χ2v) is 3.76. The monoisotopic (exact) mass is 281 g/mol. The van der Waals surface area contributed by atoms with Crippen LogP contribution in [-0.2, 0) is 5.33 Å². The lowest BCUT2D eigenvalue weighted by molar-refractivity contribution is 0.461. The molecule has 82 valence electrons. The van der Waals surface area contributed by atoms with Crippen molar-refractivity contribution in [2.75, 3.05) is 0 Å². The van der Waals surface area contributed by atoms with Gasteiger partial charge in [-0.25, -0.2) is 9.37 Å². The van der Waals surface area contributed by atoms with Gasteiger partial charge in [-0.1, -0.05) is 22.0 Å². The zero-order valence-electron chi connectivity index (χ0n) is 8.36. The van der Waals surface area contributed by atoms with Gasteiger partial charge in [0, 0.05) is 17.6 Å². The summed E-state index contributed by atoms with van der Waals surface area (Å²) in [5.41, 5.74) is 1.08. The highest BCUT2D eigenvalue weighted by Gasteiger charge is 1.99. The Morgan fingerprint density at radius 3 is 2.44 bits per heavy atom. The van der Waals surface area contributed by atoms with E-state index in [9.17, 15) is 4.39 Å². The number of benzene rings is 1. The maximum Gasteiger partial charge on any atom is 0.219 e. The Labute approximate surface area is 101 Å². The highest BCUT2D eigenvalue weighted by molar-refractivity contribution is 9.08. The van der Waals surface area contributed by atoms with Crippen molar-refractivity contribution in [3.8, 4) is 11.6 Å². The summed E-state index contributed by atoms with van der Waals surface area (Å²) >= 11 is 3.33. The largest absolute Gasteiger partial charge is 0.439 e. The molecule has 0 aliphatic carbocycles. The lowest BCUT2D eigenvalue weighted by Gasteiger charge is -2.04. The number of rotatable bonds is 3. The standard InChI is InChI=1S/C12H9BrFNO/c13-7-9-1-6-12(15-8-9)16-11-4-2-10(14)3-5-11/h1-6,8H,7H2. The highest BCUT2D eigenvalue weighted by atomic mass is 79.9. The summed E-state index contributed by atoms with van der Waals surface area (Å²) in [5, 5.41) is 0.761. The van der Waals surface area contributed by atoms with Gasteiger partial charge in [0.05, 0.1) is 0 Å². The lowest BCUT2D eigenvalue weighted by atomic mass is 10.3. The first-order chi connectivity index (χ1) is 7.78. The average Bonchev–Trinajstić information content (AvgIpc) is 2.33. The molecule has 0 bridgehead atoms. The van der Waals surface area contributed by atoms with Crippen LogP contribution in [0.4, 0.5) is 4.39 Å². The molecule has 0 spiro atoms.